The summed E-state index contributed by atoms with van der Waals surface area (Å²) in [6.07, 6.45) is 4.65. The smallest absolute Gasteiger partial charge is 0.271 e. The van der Waals surface area contributed by atoms with Gasteiger partial charge in [0.1, 0.15) is 5.69 Å². The van der Waals surface area contributed by atoms with Crippen LogP contribution in [0, 0.1) is 5.92 Å². The third kappa shape index (κ3) is 2.09. The summed E-state index contributed by atoms with van der Waals surface area (Å²) in [6.45, 7) is 0.709. The minimum absolute atomic E-state index is 0.0126. The SMILES string of the molecule is CN(CC1CC(O)C1)C(=O)c1cncn1C. The number of aromatic nitrogens is 2. The molecule has 0 radical (unpaired) electrons. The molecule has 0 aromatic carbocycles. The molecule has 1 N–H and O–H groups in total. The monoisotopic (exact) mass is 223 g/mol. The number of aryl methyl sites for hydroxylation is 1. The minimum Gasteiger partial charge on any atom is -0.393 e. The third-order valence-electron chi connectivity index (χ3n) is 3.13. The Morgan fingerprint density at radius 2 is 2.38 bits per heavy atom. The van der Waals surface area contributed by atoms with Crippen molar-refractivity contribution in [1.29, 1.82) is 0 Å². The number of hydrogen-bond acceptors (Lipinski definition) is 3. The largest absolute Gasteiger partial charge is 0.393 e. The molecule has 5 nitrogen and oxygen atoms in total. The highest BCUT2D eigenvalue weighted by Crippen LogP contribution is 2.27. The van der Waals surface area contributed by atoms with Crippen molar-refractivity contribution >= 4 is 5.91 Å². The number of hydrogen-bond donors (Lipinski definition) is 1. The van der Waals surface area contributed by atoms with Crippen LogP contribution in [0.25, 0.3) is 0 Å². The number of imidazole rings is 1. The number of rotatable bonds is 3. The maximum Gasteiger partial charge on any atom is 0.271 e. The van der Waals surface area contributed by atoms with E-state index in [-0.39, 0.29) is 12.0 Å². The summed E-state index contributed by atoms with van der Waals surface area (Å²) in [5.74, 6) is 0.429. The fourth-order valence-electron chi connectivity index (χ4n) is 2.08. The van der Waals surface area contributed by atoms with Crippen LogP contribution in [-0.2, 0) is 7.05 Å². The quantitative estimate of drug-likeness (QED) is 0.799. The molecule has 5 heteroatoms. The molecular formula is C11H17N3O2. The number of carbonyl (C=O) groups excluding carboxylic acids is 1. The lowest BCUT2D eigenvalue weighted by molar-refractivity contribution is 0.0263. The van der Waals surface area contributed by atoms with E-state index in [2.05, 4.69) is 4.98 Å². The predicted octanol–water partition coefficient (Wildman–Crippen LogP) is 0.263. The van der Waals surface area contributed by atoms with E-state index in [0.29, 0.717) is 18.2 Å². The Morgan fingerprint density at radius 1 is 1.69 bits per heavy atom. The van der Waals surface area contributed by atoms with Crippen LogP contribution in [-0.4, -0.2) is 45.2 Å². The van der Waals surface area contributed by atoms with Gasteiger partial charge in [-0.1, -0.05) is 0 Å². The molecule has 1 aliphatic carbocycles. The maximum absolute atomic E-state index is 12.0. The Hall–Kier alpha value is -1.36. The molecule has 0 saturated heterocycles. The summed E-state index contributed by atoms with van der Waals surface area (Å²) in [5.41, 5.74) is 0.599. The number of aliphatic hydroxyl groups is 1. The zero-order valence-electron chi connectivity index (χ0n) is 9.63. The average Bonchev–Trinajstić information content (AvgIpc) is 2.61. The molecule has 16 heavy (non-hydrogen) atoms. The Bertz CT molecular complexity index is 382. The van der Waals surface area contributed by atoms with Crippen LogP contribution in [0.1, 0.15) is 23.3 Å². The normalized spacial score (nSPS) is 23.9. The Labute approximate surface area is 94.7 Å². The number of amides is 1. The van der Waals surface area contributed by atoms with Gasteiger partial charge in [-0.05, 0) is 18.8 Å². The molecule has 1 aromatic heterocycles. The average molecular weight is 223 g/mol. The Balaban J connectivity index is 1.92. The second-order valence-corrected chi connectivity index (χ2v) is 4.57. The number of carbonyl (C=O) groups is 1. The first-order valence-corrected chi connectivity index (χ1v) is 5.47. The van der Waals surface area contributed by atoms with Crippen molar-refractivity contribution in [1.82, 2.24) is 14.5 Å². The molecule has 0 aliphatic heterocycles. The van der Waals surface area contributed by atoms with Crippen molar-refractivity contribution in [2.45, 2.75) is 18.9 Å². The minimum atomic E-state index is -0.162. The van der Waals surface area contributed by atoms with Gasteiger partial charge in [0.05, 0.1) is 18.6 Å². The third-order valence-corrected chi connectivity index (χ3v) is 3.13. The van der Waals surface area contributed by atoms with Crippen LogP contribution >= 0.6 is 0 Å². The summed E-state index contributed by atoms with van der Waals surface area (Å²) < 4.78 is 1.72. The Morgan fingerprint density at radius 3 is 2.88 bits per heavy atom. The summed E-state index contributed by atoms with van der Waals surface area (Å²) in [7, 11) is 3.60. The van der Waals surface area contributed by atoms with E-state index < -0.39 is 0 Å². The van der Waals surface area contributed by atoms with E-state index >= 15 is 0 Å². The molecule has 1 amide bonds. The van der Waals surface area contributed by atoms with Crippen molar-refractivity contribution in [3.63, 3.8) is 0 Å². The van der Waals surface area contributed by atoms with E-state index in [0.717, 1.165) is 12.8 Å². The van der Waals surface area contributed by atoms with Gasteiger partial charge in [-0.2, -0.15) is 0 Å². The van der Waals surface area contributed by atoms with Crippen LogP contribution in [0.15, 0.2) is 12.5 Å². The van der Waals surface area contributed by atoms with Gasteiger partial charge in [0, 0.05) is 20.6 Å². The fourth-order valence-corrected chi connectivity index (χ4v) is 2.08. The Kier molecular flexibility index (Phi) is 2.96. The molecule has 0 bridgehead atoms. The molecule has 0 spiro atoms. The van der Waals surface area contributed by atoms with E-state index in [1.54, 1.807) is 36.1 Å². The van der Waals surface area contributed by atoms with E-state index in [9.17, 15) is 9.90 Å². The second kappa shape index (κ2) is 4.25. The van der Waals surface area contributed by atoms with Crippen LogP contribution in [0.4, 0.5) is 0 Å². The first-order valence-electron chi connectivity index (χ1n) is 5.47. The van der Waals surface area contributed by atoms with Gasteiger partial charge in [-0.15, -0.1) is 0 Å². The fraction of sp³-hybridized carbons (Fsp3) is 0.636. The van der Waals surface area contributed by atoms with Gasteiger partial charge in [0.25, 0.3) is 5.91 Å². The van der Waals surface area contributed by atoms with Crippen LogP contribution < -0.4 is 0 Å². The van der Waals surface area contributed by atoms with Crippen LogP contribution in [0.3, 0.4) is 0 Å². The summed E-state index contributed by atoms with van der Waals surface area (Å²) in [5, 5.41) is 9.18. The second-order valence-electron chi connectivity index (χ2n) is 4.57. The van der Waals surface area contributed by atoms with Crippen molar-refractivity contribution in [3.05, 3.63) is 18.2 Å². The van der Waals surface area contributed by atoms with Gasteiger partial charge in [-0.25, -0.2) is 4.98 Å². The molecule has 1 saturated carbocycles. The van der Waals surface area contributed by atoms with Gasteiger partial charge in [0.2, 0.25) is 0 Å². The first kappa shape index (κ1) is 11.1. The molecule has 0 unspecified atom stereocenters. The van der Waals surface area contributed by atoms with E-state index in [1.165, 1.54) is 0 Å². The molecule has 2 rings (SSSR count). The molecule has 1 fully saturated rings. The molecule has 1 aromatic rings. The van der Waals surface area contributed by atoms with E-state index in [4.69, 9.17) is 0 Å². The summed E-state index contributed by atoms with van der Waals surface area (Å²) >= 11 is 0. The van der Waals surface area contributed by atoms with Crippen molar-refractivity contribution in [2.24, 2.45) is 13.0 Å². The van der Waals surface area contributed by atoms with Crippen LogP contribution in [0.5, 0.6) is 0 Å². The highest BCUT2D eigenvalue weighted by atomic mass is 16.3. The topological polar surface area (TPSA) is 58.4 Å². The first-order chi connectivity index (χ1) is 7.58. The lowest BCUT2D eigenvalue weighted by atomic mass is 9.82. The predicted molar refractivity (Wildman–Crippen MR) is 58.9 cm³/mol. The van der Waals surface area contributed by atoms with Crippen LogP contribution in [0.2, 0.25) is 0 Å². The maximum atomic E-state index is 12.0. The zero-order valence-corrected chi connectivity index (χ0v) is 9.63. The summed E-state index contributed by atoms with van der Waals surface area (Å²) in [6, 6.07) is 0. The zero-order chi connectivity index (χ0) is 11.7. The standard InChI is InChI=1S/C11H17N3O2/c1-13(6-8-3-9(15)4-8)11(16)10-5-12-7-14(10)2/h5,7-9,15H,3-4,6H2,1-2H3. The van der Waals surface area contributed by atoms with Gasteiger partial charge < -0.3 is 14.6 Å². The molecule has 1 aliphatic rings. The lowest BCUT2D eigenvalue weighted by Crippen LogP contribution is -2.39. The van der Waals surface area contributed by atoms with E-state index in [1.807, 2.05) is 0 Å². The molecular weight excluding hydrogens is 206 g/mol. The highest BCUT2D eigenvalue weighted by molar-refractivity contribution is 5.92. The highest BCUT2D eigenvalue weighted by Gasteiger charge is 2.29. The van der Waals surface area contributed by atoms with Gasteiger partial charge >= 0.3 is 0 Å². The number of aliphatic hydroxyl groups excluding tert-OH is 1. The summed E-state index contributed by atoms with van der Waals surface area (Å²) in [4.78, 5) is 17.6. The van der Waals surface area contributed by atoms with Crippen molar-refractivity contribution in [3.8, 4) is 0 Å². The number of nitrogens with zero attached hydrogens (tertiary/aromatic N) is 3. The molecule has 1 heterocycles. The molecule has 88 valence electrons. The molecule has 0 atom stereocenters. The van der Waals surface area contributed by atoms with Crippen molar-refractivity contribution < 1.29 is 9.90 Å². The van der Waals surface area contributed by atoms with Gasteiger partial charge in [0.15, 0.2) is 0 Å². The van der Waals surface area contributed by atoms with Gasteiger partial charge in [-0.3, -0.25) is 4.79 Å². The lowest BCUT2D eigenvalue weighted by Gasteiger charge is -2.34. The van der Waals surface area contributed by atoms with Crippen molar-refractivity contribution in [2.75, 3.05) is 13.6 Å².